The van der Waals surface area contributed by atoms with Crippen molar-refractivity contribution in [2.75, 3.05) is 0 Å². The number of benzene rings is 1. The minimum Gasteiger partial charge on any atom is -0.311 e. The average molecular weight is 300 g/mol. The van der Waals surface area contributed by atoms with Gasteiger partial charge in [0.15, 0.2) is 0 Å². The van der Waals surface area contributed by atoms with Gasteiger partial charge in [0.25, 0.3) is 5.56 Å². The normalized spacial score (nSPS) is 10.8. The molecule has 0 saturated heterocycles. The highest BCUT2D eigenvalue weighted by Gasteiger charge is 2.10. The minimum atomic E-state index is -0.593. The van der Waals surface area contributed by atoms with Crippen LogP contribution in [0.1, 0.15) is 22.4 Å². The molecule has 2 aromatic rings. The molecule has 0 aliphatic carbocycles. The molecule has 22 heavy (non-hydrogen) atoms. The third-order valence-corrected chi connectivity index (χ3v) is 3.04. The van der Waals surface area contributed by atoms with Crippen LogP contribution in [0, 0.1) is 13.8 Å². The molecule has 0 aliphatic heterocycles. The van der Waals surface area contributed by atoms with Crippen molar-refractivity contribution >= 4 is 12.1 Å². The van der Waals surface area contributed by atoms with Gasteiger partial charge in [-0.2, -0.15) is 5.10 Å². The molecule has 1 amide bonds. The zero-order valence-corrected chi connectivity index (χ0v) is 12.3. The van der Waals surface area contributed by atoms with Crippen molar-refractivity contribution in [1.82, 2.24) is 15.4 Å². The van der Waals surface area contributed by atoms with Crippen molar-refractivity contribution < 1.29 is 4.79 Å². The summed E-state index contributed by atoms with van der Waals surface area (Å²) >= 11 is 0. The van der Waals surface area contributed by atoms with Crippen LogP contribution in [0.3, 0.4) is 0 Å². The lowest BCUT2D eigenvalue weighted by Gasteiger charge is -2.03. The molecule has 0 spiro atoms. The highest BCUT2D eigenvalue weighted by Crippen LogP contribution is 2.00. The summed E-state index contributed by atoms with van der Waals surface area (Å²) in [5.74, 6) is -0.440. The van der Waals surface area contributed by atoms with E-state index < -0.39 is 17.2 Å². The molecule has 7 nitrogen and oxygen atoms in total. The van der Waals surface area contributed by atoms with E-state index in [2.05, 4.69) is 20.5 Å². The average Bonchev–Trinajstić information content (AvgIpc) is 2.43. The van der Waals surface area contributed by atoms with Crippen LogP contribution in [0.5, 0.6) is 0 Å². The van der Waals surface area contributed by atoms with E-state index >= 15 is 0 Å². The van der Waals surface area contributed by atoms with Gasteiger partial charge in [-0.3, -0.25) is 14.6 Å². The first-order valence-electron chi connectivity index (χ1n) is 6.66. The van der Waals surface area contributed by atoms with Crippen LogP contribution in [-0.2, 0) is 11.2 Å². The van der Waals surface area contributed by atoms with Gasteiger partial charge in [0.2, 0.25) is 5.91 Å². The van der Waals surface area contributed by atoms with E-state index in [1.54, 1.807) is 6.92 Å². The quantitative estimate of drug-likeness (QED) is 0.561. The first-order valence-corrected chi connectivity index (χ1v) is 6.66. The largest absolute Gasteiger partial charge is 0.325 e. The molecule has 1 aromatic heterocycles. The van der Waals surface area contributed by atoms with Crippen LogP contribution in [0.15, 0.2) is 39.0 Å². The second-order valence-corrected chi connectivity index (χ2v) is 4.90. The predicted molar refractivity (Wildman–Crippen MR) is 83.0 cm³/mol. The molecule has 3 N–H and O–H groups in total. The lowest BCUT2D eigenvalue weighted by Crippen LogP contribution is -2.30. The van der Waals surface area contributed by atoms with E-state index in [0.29, 0.717) is 5.69 Å². The number of carbonyl (C=O) groups is 1. The van der Waals surface area contributed by atoms with Gasteiger partial charge < -0.3 is 4.98 Å². The Bertz CT molecular complexity index is 833. The molecule has 114 valence electrons. The fraction of sp³-hybridized carbons (Fsp3) is 0.200. The van der Waals surface area contributed by atoms with E-state index in [4.69, 9.17) is 0 Å². The third-order valence-electron chi connectivity index (χ3n) is 3.04. The second kappa shape index (κ2) is 6.66. The summed E-state index contributed by atoms with van der Waals surface area (Å²) < 4.78 is 0. The van der Waals surface area contributed by atoms with Crippen LogP contribution in [0.25, 0.3) is 0 Å². The molecular formula is C15H16N4O3. The summed E-state index contributed by atoms with van der Waals surface area (Å²) in [6.07, 6.45) is 1.36. The van der Waals surface area contributed by atoms with Gasteiger partial charge in [-0.15, -0.1) is 0 Å². The van der Waals surface area contributed by atoms with E-state index in [1.165, 1.54) is 6.21 Å². The standard InChI is InChI=1S/C15H16N4O3/c1-9-4-3-5-11(6-9)8-16-19-13(20)7-12-10(2)17-15(22)18-14(12)21/h3-6,8H,7H2,1-2H3,(H,19,20)(H2,17,18,21,22)/b16-8-. The van der Waals surface area contributed by atoms with Gasteiger partial charge >= 0.3 is 5.69 Å². The first-order chi connectivity index (χ1) is 10.5. The Morgan fingerprint density at radius 3 is 2.73 bits per heavy atom. The topological polar surface area (TPSA) is 107 Å². The summed E-state index contributed by atoms with van der Waals surface area (Å²) in [5, 5.41) is 3.85. The number of aromatic amines is 2. The summed E-state index contributed by atoms with van der Waals surface area (Å²) in [6, 6.07) is 7.63. The van der Waals surface area contributed by atoms with Crippen molar-refractivity contribution in [2.45, 2.75) is 20.3 Å². The molecule has 0 unspecified atom stereocenters. The Hall–Kier alpha value is -2.96. The van der Waals surface area contributed by atoms with Gasteiger partial charge in [0.05, 0.1) is 12.6 Å². The SMILES string of the molecule is Cc1cccc(/C=N\NC(=O)Cc2c(C)[nH]c(=O)[nH]c2=O)c1. The molecule has 1 heterocycles. The maximum absolute atomic E-state index is 11.8. The van der Waals surface area contributed by atoms with Crippen molar-refractivity contribution in [3.8, 4) is 0 Å². The third kappa shape index (κ3) is 4.02. The number of H-pyrrole nitrogens is 2. The number of aryl methyl sites for hydroxylation is 2. The number of amides is 1. The molecule has 7 heteroatoms. The molecule has 2 rings (SSSR count). The smallest absolute Gasteiger partial charge is 0.311 e. The molecule has 0 atom stereocenters. The van der Waals surface area contributed by atoms with E-state index in [-0.39, 0.29) is 12.0 Å². The summed E-state index contributed by atoms with van der Waals surface area (Å²) in [6.45, 7) is 3.52. The van der Waals surface area contributed by atoms with Crippen molar-refractivity contribution in [3.05, 3.63) is 67.5 Å². The van der Waals surface area contributed by atoms with Gasteiger partial charge in [-0.1, -0.05) is 29.8 Å². The minimum absolute atomic E-state index is 0.164. The molecule has 0 saturated carbocycles. The molecule has 0 radical (unpaired) electrons. The Morgan fingerprint density at radius 1 is 1.27 bits per heavy atom. The van der Waals surface area contributed by atoms with Crippen molar-refractivity contribution in [3.63, 3.8) is 0 Å². The van der Waals surface area contributed by atoms with Gasteiger partial charge in [-0.25, -0.2) is 10.2 Å². The van der Waals surface area contributed by atoms with Crippen LogP contribution in [-0.4, -0.2) is 22.1 Å². The highest BCUT2D eigenvalue weighted by atomic mass is 16.2. The van der Waals surface area contributed by atoms with E-state index in [0.717, 1.165) is 11.1 Å². The Labute approximate surface area is 126 Å². The van der Waals surface area contributed by atoms with Gasteiger partial charge in [0, 0.05) is 11.3 Å². The number of aromatic nitrogens is 2. The maximum Gasteiger partial charge on any atom is 0.325 e. The molecular weight excluding hydrogens is 284 g/mol. The first kappa shape index (κ1) is 15.4. The Balaban J connectivity index is 2.02. The second-order valence-electron chi connectivity index (χ2n) is 4.90. The number of hydrogen-bond acceptors (Lipinski definition) is 4. The van der Waals surface area contributed by atoms with E-state index in [1.807, 2.05) is 31.2 Å². The van der Waals surface area contributed by atoms with Gasteiger partial charge in [-0.05, 0) is 19.4 Å². The number of hydrazone groups is 1. The zero-order chi connectivity index (χ0) is 16.1. The number of carbonyl (C=O) groups excluding carboxylic acids is 1. The lowest BCUT2D eigenvalue weighted by atomic mass is 10.1. The zero-order valence-electron chi connectivity index (χ0n) is 12.3. The Kier molecular flexibility index (Phi) is 4.67. The maximum atomic E-state index is 11.8. The van der Waals surface area contributed by atoms with Crippen LogP contribution < -0.4 is 16.7 Å². The Morgan fingerprint density at radius 2 is 2.05 bits per heavy atom. The number of nitrogens with zero attached hydrogens (tertiary/aromatic N) is 1. The summed E-state index contributed by atoms with van der Waals surface area (Å²) in [4.78, 5) is 39.0. The van der Waals surface area contributed by atoms with Crippen LogP contribution in [0.2, 0.25) is 0 Å². The van der Waals surface area contributed by atoms with Crippen LogP contribution in [0.4, 0.5) is 0 Å². The molecule has 0 bridgehead atoms. The molecule has 0 fully saturated rings. The molecule has 1 aromatic carbocycles. The molecule has 0 aliphatic rings. The fourth-order valence-electron chi connectivity index (χ4n) is 1.97. The van der Waals surface area contributed by atoms with E-state index in [9.17, 15) is 14.4 Å². The highest BCUT2D eigenvalue weighted by molar-refractivity contribution is 5.83. The number of hydrogen-bond donors (Lipinski definition) is 3. The van der Waals surface area contributed by atoms with Crippen molar-refractivity contribution in [1.29, 1.82) is 0 Å². The number of rotatable bonds is 4. The van der Waals surface area contributed by atoms with Crippen LogP contribution >= 0.6 is 0 Å². The lowest BCUT2D eigenvalue weighted by molar-refractivity contribution is -0.120. The monoisotopic (exact) mass is 300 g/mol. The van der Waals surface area contributed by atoms with Gasteiger partial charge in [0.1, 0.15) is 0 Å². The summed E-state index contributed by atoms with van der Waals surface area (Å²) in [5.41, 5.74) is 3.72. The predicted octanol–water partition coefficient (Wildman–Crippen LogP) is 0.373. The summed E-state index contributed by atoms with van der Waals surface area (Å²) in [7, 11) is 0. The number of nitrogens with one attached hydrogen (secondary N) is 3. The van der Waals surface area contributed by atoms with Crippen molar-refractivity contribution in [2.24, 2.45) is 5.10 Å². The fourth-order valence-corrected chi connectivity index (χ4v) is 1.97.